The topological polar surface area (TPSA) is 70.2 Å². The molecule has 31 heavy (non-hydrogen) atoms. The molecule has 1 amide bonds. The standard InChI is InChI=1S/C24H28ClN5O/c1-30(2)22-20-8-3-4-9-21(20)28-24(29-22)27-19-12-10-16(11-13-19)15-26-23(31)17-6-5-7-18(25)14-17/h3-9,14,16,19H,10-13,15H2,1-2H3,(H,26,31)(H,27,28,29)/t16-,19+. The molecule has 0 spiro atoms. The number of carbonyl (C=O) groups is 1. The number of nitrogens with one attached hydrogen (secondary N) is 2. The molecular formula is C24H28ClN5O. The number of fused-ring (bicyclic) bond motifs is 1. The molecule has 1 aliphatic carbocycles. The highest BCUT2D eigenvalue weighted by molar-refractivity contribution is 6.30. The Morgan fingerprint density at radius 2 is 1.84 bits per heavy atom. The third-order valence-corrected chi connectivity index (χ3v) is 6.06. The van der Waals surface area contributed by atoms with Crippen molar-refractivity contribution in [1.82, 2.24) is 15.3 Å². The minimum Gasteiger partial charge on any atom is -0.362 e. The molecule has 1 heterocycles. The van der Waals surface area contributed by atoms with Gasteiger partial charge in [-0.15, -0.1) is 0 Å². The zero-order valence-corrected chi connectivity index (χ0v) is 18.7. The maximum atomic E-state index is 12.3. The highest BCUT2D eigenvalue weighted by Gasteiger charge is 2.23. The summed E-state index contributed by atoms with van der Waals surface area (Å²) in [5.74, 6) is 2.02. The molecule has 0 unspecified atom stereocenters. The number of hydrogen-bond acceptors (Lipinski definition) is 5. The molecule has 6 nitrogen and oxygen atoms in total. The first-order chi connectivity index (χ1) is 15.0. The second kappa shape index (κ2) is 9.52. The maximum absolute atomic E-state index is 12.3. The van der Waals surface area contributed by atoms with Gasteiger partial charge in [0.05, 0.1) is 5.52 Å². The van der Waals surface area contributed by atoms with Crippen molar-refractivity contribution in [3.63, 3.8) is 0 Å². The fraction of sp³-hybridized carbons (Fsp3) is 0.375. The molecule has 2 aromatic carbocycles. The summed E-state index contributed by atoms with van der Waals surface area (Å²) in [5, 5.41) is 8.22. The highest BCUT2D eigenvalue weighted by Crippen LogP contribution is 2.28. The van der Waals surface area contributed by atoms with Gasteiger partial charge in [-0.25, -0.2) is 4.98 Å². The SMILES string of the molecule is CN(C)c1nc(N[C@H]2CC[C@@H](CNC(=O)c3cccc(Cl)c3)CC2)nc2ccccc12. The monoisotopic (exact) mass is 437 g/mol. The van der Waals surface area contributed by atoms with Crippen LogP contribution >= 0.6 is 11.6 Å². The van der Waals surface area contributed by atoms with E-state index in [0.717, 1.165) is 42.4 Å². The van der Waals surface area contributed by atoms with E-state index in [2.05, 4.69) is 16.7 Å². The summed E-state index contributed by atoms with van der Waals surface area (Å²) in [6.45, 7) is 0.690. The average Bonchev–Trinajstić information content (AvgIpc) is 2.77. The van der Waals surface area contributed by atoms with Crippen molar-refractivity contribution in [2.24, 2.45) is 5.92 Å². The predicted molar refractivity (Wildman–Crippen MR) is 127 cm³/mol. The number of aromatic nitrogens is 2. The van der Waals surface area contributed by atoms with Gasteiger partial charge in [0.1, 0.15) is 5.82 Å². The van der Waals surface area contributed by atoms with Crippen molar-refractivity contribution in [2.75, 3.05) is 30.9 Å². The number of carbonyl (C=O) groups excluding carboxylic acids is 1. The molecule has 0 radical (unpaired) electrons. The van der Waals surface area contributed by atoms with Crippen molar-refractivity contribution in [1.29, 1.82) is 0 Å². The van der Waals surface area contributed by atoms with Crippen LogP contribution in [0.5, 0.6) is 0 Å². The van der Waals surface area contributed by atoms with Gasteiger partial charge in [-0.1, -0.05) is 29.8 Å². The summed E-state index contributed by atoms with van der Waals surface area (Å²) in [7, 11) is 4.00. The number of hydrogen-bond donors (Lipinski definition) is 2. The van der Waals surface area contributed by atoms with Gasteiger partial charge in [0.2, 0.25) is 5.95 Å². The Morgan fingerprint density at radius 3 is 2.58 bits per heavy atom. The van der Waals surface area contributed by atoms with Crippen LogP contribution in [0, 0.1) is 5.92 Å². The largest absolute Gasteiger partial charge is 0.362 e. The first-order valence-electron chi connectivity index (χ1n) is 10.7. The molecule has 0 bridgehead atoms. The van der Waals surface area contributed by atoms with E-state index in [1.807, 2.05) is 37.2 Å². The van der Waals surface area contributed by atoms with E-state index >= 15 is 0 Å². The minimum atomic E-state index is -0.0662. The zero-order chi connectivity index (χ0) is 21.8. The van der Waals surface area contributed by atoms with Crippen LogP contribution in [0.15, 0.2) is 48.5 Å². The lowest BCUT2D eigenvalue weighted by molar-refractivity contribution is 0.0943. The second-order valence-electron chi connectivity index (χ2n) is 8.36. The van der Waals surface area contributed by atoms with E-state index < -0.39 is 0 Å². The average molecular weight is 438 g/mol. The molecule has 1 aliphatic rings. The molecule has 0 atom stereocenters. The van der Waals surface area contributed by atoms with Crippen molar-refractivity contribution >= 4 is 40.2 Å². The van der Waals surface area contributed by atoms with Gasteiger partial charge in [0.25, 0.3) is 5.91 Å². The van der Waals surface area contributed by atoms with Gasteiger partial charge in [-0.05, 0) is 61.9 Å². The van der Waals surface area contributed by atoms with Gasteiger partial charge < -0.3 is 15.5 Å². The first-order valence-corrected chi connectivity index (χ1v) is 11.1. The number of rotatable bonds is 6. The number of para-hydroxylation sites is 1. The zero-order valence-electron chi connectivity index (χ0n) is 17.9. The van der Waals surface area contributed by atoms with Gasteiger partial charge in [-0.3, -0.25) is 4.79 Å². The van der Waals surface area contributed by atoms with Crippen LogP contribution in [0.3, 0.4) is 0 Å². The molecule has 4 rings (SSSR count). The summed E-state index contributed by atoms with van der Waals surface area (Å²) < 4.78 is 0. The Kier molecular flexibility index (Phi) is 6.56. The van der Waals surface area contributed by atoms with Crippen molar-refractivity contribution < 1.29 is 4.79 Å². The lowest BCUT2D eigenvalue weighted by atomic mass is 9.86. The van der Waals surface area contributed by atoms with Crippen molar-refractivity contribution in [3.05, 3.63) is 59.1 Å². The predicted octanol–water partition coefficient (Wildman–Crippen LogP) is 4.75. The molecule has 0 aliphatic heterocycles. The van der Waals surface area contributed by atoms with Crippen LogP contribution in [-0.2, 0) is 0 Å². The smallest absolute Gasteiger partial charge is 0.251 e. The van der Waals surface area contributed by atoms with Crippen molar-refractivity contribution in [3.8, 4) is 0 Å². The van der Waals surface area contributed by atoms with Gasteiger partial charge in [0.15, 0.2) is 0 Å². The van der Waals surface area contributed by atoms with E-state index in [4.69, 9.17) is 21.6 Å². The summed E-state index contributed by atoms with van der Waals surface area (Å²) in [4.78, 5) is 23.8. The molecule has 1 fully saturated rings. The fourth-order valence-electron chi connectivity index (χ4n) is 4.13. The maximum Gasteiger partial charge on any atom is 0.251 e. The fourth-order valence-corrected chi connectivity index (χ4v) is 4.32. The highest BCUT2D eigenvalue weighted by atomic mass is 35.5. The van der Waals surface area contributed by atoms with Crippen LogP contribution < -0.4 is 15.5 Å². The van der Waals surface area contributed by atoms with Gasteiger partial charge in [-0.2, -0.15) is 4.98 Å². The van der Waals surface area contributed by atoms with E-state index in [1.165, 1.54) is 0 Å². The third kappa shape index (κ3) is 5.25. The Hall–Kier alpha value is -2.86. The molecule has 1 saturated carbocycles. The van der Waals surface area contributed by atoms with Gasteiger partial charge >= 0.3 is 0 Å². The Bertz CT molecular complexity index is 1060. The first kappa shape index (κ1) is 21.4. The molecule has 7 heteroatoms. The lowest BCUT2D eigenvalue weighted by Gasteiger charge is -2.29. The summed E-state index contributed by atoms with van der Waals surface area (Å²) in [5.41, 5.74) is 1.55. The van der Waals surface area contributed by atoms with E-state index in [1.54, 1.807) is 24.3 Å². The molecule has 1 aromatic heterocycles. The number of anilines is 2. The lowest BCUT2D eigenvalue weighted by Crippen LogP contribution is -2.34. The summed E-state index contributed by atoms with van der Waals surface area (Å²) in [6, 6.07) is 15.5. The Morgan fingerprint density at radius 1 is 1.06 bits per heavy atom. The molecular weight excluding hydrogens is 410 g/mol. The quantitative estimate of drug-likeness (QED) is 0.582. The van der Waals surface area contributed by atoms with E-state index in [9.17, 15) is 4.79 Å². The minimum absolute atomic E-state index is 0.0662. The Balaban J connectivity index is 1.32. The van der Waals surface area contributed by atoms with E-state index in [-0.39, 0.29) is 5.91 Å². The van der Waals surface area contributed by atoms with Crippen LogP contribution in [-0.4, -0.2) is 42.6 Å². The third-order valence-electron chi connectivity index (χ3n) is 5.82. The molecule has 3 aromatic rings. The summed E-state index contributed by atoms with van der Waals surface area (Å²) in [6.07, 6.45) is 4.18. The number of halogens is 1. The van der Waals surface area contributed by atoms with Crippen LogP contribution in [0.2, 0.25) is 5.02 Å². The molecule has 2 N–H and O–H groups in total. The number of benzene rings is 2. The van der Waals surface area contributed by atoms with Crippen LogP contribution in [0.25, 0.3) is 10.9 Å². The number of amides is 1. The normalized spacial score (nSPS) is 18.5. The molecule has 0 saturated heterocycles. The van der Waals surface area contributed by atoms with Crippen LogP contribution in [0.1, 0.15) is 36.0 Å². The Labute approximate surface area is 188 Å². The summed E-state index contributed by atoms with van der Waals surface area (Å²) >= 11 is 5.98. The molecule has 162 valence electrons. The van der Waals surface area contributed by atoms with E-state index in [0.29, 0.717) is 35.0 Å². The van der Waals surface area contributed by atoms with Crippen molar-refractivity contribution in [2.45, 2.75) is 31.7 Å². The van der Waals surface area contributed by atoms with Gasteiger partial charge in [0, 0.05) is 42.7 Å². The second-order valence-corrected chi connectivity index (χ2v) is 8.80. The van der Waals surface area contributed by atoms with Crippen LogP contribution in [0.4, 0.5) is 11.8 Å². The number of nitrogens with zero attached hydrogens (tertiary/aromatic N) is 3.